The Balaban J connectivity index is 2.27. The predicted molar refractivity (Wildman–Crippen MR) is 90.4 cm³/mol. The molecule has 0 atom stereocenters. The minimum atomic E-state index is -0.808. The molecule has 0 radical (unpaired) electrons. The lowest BCUT2D eigenvalue weighted by atomic mass is 10.2. The zero-order chi connectivity index (χ0) is 15.2. The van der Waals surface area contributed by atoms with Crippen LogP contribution < -0.4 is 0 Å². The molecule has 1 aromatic heterocycles. The van der Waals surface area contributed by atoms with Gasteiger partial charge in [0.1, 0.15) is 0 Å². The van der Waals surface area contributed by atoms with E-state index in [0.717, 1.165) is 41.3 Å². The van der Waals surface area contributed by atoms with E-state index in [4.69, 9.17) is 5.11 Å². The molecule has 1 heterocycles. The second-order valence-corrected chi connectivity index (χ2v) is 6.80. The van der Waals surface area contributed by atoms with Crippen LogP contribution in [-0.2, 0) is 11.3 Å². The lowest BCUT2D eigenvalue weighted by Crippen LogP contribution is -2.04. The first kappa shape index (κ1) is 16.2. The van der Waals surface area contributed by atoms with Gasteiger partial charge in [-0.1, -0.05) is 23.9 Å². The Morgan fingerprint density at radius 1 is 1.38 bits per heavy atom. The van der Waals surface area contributed by atoms with Crippen LogP contribution in [0.25, 0.3) is 11.0 Å². The van der Waals surface area contributed by atoms with Crippen molar-refractivity contribution in [2.24, 2.45) is 0 Å². The topological polar surface area (TPSA) is 55.1 Å². The van der Waals surface area contributed by atoms with Crippen LogP contribution >= 0.6 is 23.5 Å². The molecule has 0 aliphatic heterocycles. The van der Waals surface area contributed by atoms with E-state index in [0.29, 0.717) is 0 Å². The molecule has 6 heteroatoms. The van der Waals surface area contributed by atoms with E-state index >= 15 is 0 Å². The molecule has 1 N–H and O–H groups in total. The zero-order valence-electron chi connectivity index (χ0n) is 12.3. The Morgan fingerprint density at radius 2 is 2.19 bits per heavy atom. The van der Waals surface area contributed by atoms with E-state index in [9.17, 15) is 4.79 Å². The number of fused-ring (bicyclic) bond motifs is 1. The molecular weight excluding hydrogens is 304 g/mol. The van der Waals surface area contributed by atoms with Crippen molar-refractivity contribution in [3.63, 3.8) is 0 Å². The molecule has 2 rings (SSSR count). The Labute approximate surface area is 133 Å². The second-order valence-electron chi connectivity index (χ2n) is 4.87. The molecule has 0 amide bonds. The lowest BCUT2D eigenvalue weighted by Gasteiger charge is -2.09. The van der Waals surface area contributed by atoms with Gasteiger partial charge in [-0.05, 0) is 43.4 Å². The van der Waals surface area contributed by atoms with Gasteiger partial charge in [0.05, 0.1) is 16.8 Å². The average molecular weight is 324 g/mol. The number of thioether (sulfide) groups is 2. The first-order valence-corrected chi connectivity index (χ1v) is 9.31. The monoisotopic (exact) mass is 324 g/mol. The van der Waals surface area contributed by atoms with Gasteiger partial charge in [0, 0.05) is 6.54 Å². The lowest BCUT2D eigenvalue weighted by molar-refractivity contribution is -0.133. The molecule has 0 unspecified atom stereocenters. The molecule has 0 saturated heterocycles. The predicted octanol–water partition coefficient (Wildman–Crippen LogP) is 3.66. The minimum absolute atomic E-state index is 0.0488. The number of nitrogens with zero attached hydrogens (tertiary/aromatic N) is 2. The van der Waals surface area contributed by atoms with Crippen LogP contribution in [0.15, 0.2) is 23.4 Å². The Hall–Kier alpha value is -1.14. The van der Waals surface area contributed by atoms with Crippen molar-refractivity contribution in [3.8, 4) is 0 Å². The van der Waals surface area contributed by atoms with Crippen LogP contribution in [0.5, 0.6) is 0 Å². The van der Waals surface area contributed by atoms with Crippen LogP contribution in [0.2, 0.25) is 0 Å². The number of hydrogen-bond donors (Lipinski definition) is 1. The molecule has 0 bridgehead atoms. The number of unbranched alkanes of at least 4 members (excludes halogenated alkanes) is 1. The van der Waals surface area contributed by atoms with Gasteiger partial charge in [-0.2, -0.15) is 11.8 Å². The largest absolute Gasteiger partial charge is 0.481 e. The number of hydrogen-bond acceptors (Lipinski definition) is 4. The fraction of sp³-hybridized carbons (Fsp3) is 0.467. The Morgan fingerprint density at radius 3 is 2.90 bits per heavy atom. The Kier molecular flexibility index (Phi) is 5.99. The highest BCUT2D eigenvalue weighted by Crippen LogP contribution is 2.27. The van der Waals surface area contributed by atoms with Gasteiger partial charge in [0.15, 0.2) is 5.16 Å². The molecule has 0 aliphatic rings. The van der Waals surface area contributed by atoms with Gasteiger partial charge in [-0.25, -0.2) is 4.98 Å². The van der Waals surface area contributed by atoms with Gasteiger partial charge in [-0.15, -0.1) is 0 Å². The molecule has 0 spiro atoms. The molecule has 114 valence electrons. The fourth-order valence-electron chi connectivity index (χ4n) is 2.30. The fourth-order valence-corrected chi connectivity index (χ4v) is 3.55. The van der Waals surface area contributed by atoms with Crippen LogP contribution in [-0.4, -0.2) is 38.4 Å². The van der Waals surface area contributed by atoms with Gasteiger partial charge < -0.3 is 9.67 Å². The first-order chi connectivity index (χ1) is 10.1. The van der Waals surface area contributed by atoms with Crippen LogP contribution in [0.4, 0.5) is 0 Å². The van der Waals surface area contributed by atoms with E-state index in [1.54, 1.807) is 0 Å². The van der Waals surface area contributed by atoms with Crippen LogP contribution in [0, 0.1) is 6.92 Å². The molecule has 21 heavy (non-hydrogen) atoms. The molecule has 2 aromatic rings. The number of aliphatic carboxylic acids is 1. The van der Waals surface area contributed by atoms with E-state index in [-0.39, 0.29) is 5.75 Å². The SMILES string of the molecule is CSCCCCn1c(SCC(=O)O)nc2cccc(C)c21. The quantitative estimate of drug-likeness (QED) is 0.593. The number of aromatic nitrogens is 2. The molecular formula is C15H20N2O2S2. The molecule has 0 aliphatic carbocycles. The highest BCUT2D eigenvalue weighted by Gasteiger charge is 2.13. The summed E-state index contributed by atoms with van der Waals surface area (Å²) in [6.07, 6.45) is 4.36. The normalized spacial score (nSPS) is 11.1. The van der Waals surface area contributed by atoms with Crippen LogP contribution in [0.3, 0.4) is 0 Å². The van der Waals surface area contributed by atoms with E-state index in [1.807, 2.05) is 23.9 Å². The number of carbonyl (C=O) groups is 1. The Bertz CT molecular complexity index is 625. The second kappa shape index (κ2) is 7.75. The summed E-state index contributed by atoms with van der Waals surface area (Å²) >= 11 is 3.16. The van der Waals surface area contributed by atoms with Crippen molar-refractivity contribution >= 4 is 40.5 Å². The number of aryl methyl sites for hydroxylation is 2. The van der Waals surface area contributed by atoms with Gasteiger partial charge in [0.25, 0.3) is 0 Å². The summed E-state index contributed by atoms with van der Waals surface area (Å²) in [4.78, 5) is 15.4. The van der Waals surface area contributed by atoms with Crippen molar-refractivity contribution < 1.29 is 9.90 Å². The number of carboxylic acids is 1. The number of carboxylic acid groups (broad SMARTS) is 1. The summed E-state index contributed by atoms with van der Waals surface area (Å²) in [5.74, 6) is 0.397. The number of benzene rings is 1. The zero-order valence-corrected chi connectivity index (χ0v) is 14.0. The molecule has 1 aromatic carbocycles. The third-order valence-corrected chi connectivity index (χ3v) is 4.90. The molecule has 0 fully saturated rings. The van der Waals surface area contributed by atoms with E-state index < -0.39 is 5.97 Å². The summed E-state index contributed by atoms with van der Waals surface area (Å²) < 4.78 is 2.18. The standard InChI is InChI=1S/C15H20N2O2S2/c1-11-6-5-7-12-14(11)17(8-3-4-9-20-2)15(16-12)21-10-13(18)19/h5-7H,3-4,8-10H2,1-2H3,(H,18,19). The van der Waals surface area contributed by atoms with Gasteiger partial charge in [-0.3, -0.25) is 4.79 Å². The van der Waals surface area contributed by atoms with E-state index in [2.05, 4.69) is 28.8 Å². The maximum atomic E-state index is 10.8. The molecule has 4 nitrogen and oxygen atoms in total. The van der Waals surface area contributed by atoms with Gasteiger partial charge in [0.2, 0.25) is 0 Å². The van der Waals surface area contributed by atoms with Crippen LogP contribution in [0.1, 0.15) is 18.4 Å². The maximum absolute atomic E-state index is 10.8. The summed E-state index contributed by atoms with van der Waals surface area (Å²) in [5.41, 5.74) is 3.27. The summed E-state index contributed by atoms with van der Waals surface area (Å²) in [6, 6.07) is 6.06. The van der Waals surface area contributed by atoms with Crippen molar-refractivity contribution in [1.82, 2.24) is 9.55 Å². The summed E-state index contributed by atoms with van der Waals surface area (Å²) in [5, 5.41) is 9.69. The third kappa shape index (κ3) is 4.17. The van der Waals surface area contributed by atoms with Crippen molar-refractivity contribution in [2.75, 3.05) is 17.8 Å². The summed E-state index contributed by atoms with van der Waals surface area (Å²) in [7, 11) is 0. The minimum Gasteiger partial charge on any atom is -0.481 e. The maximum Gasteiger partial charge on any atom is 0.313 e. The van der Waals surface area contributed by atoms with Crippen molar-refractivity contribution in [1.29, 1.82) is 0 Å². The first-order valence-electron chi connectivity index (χ1n) is 6.93. The third-order valence-electron chi connectivity index (χ3n) is 3.24. The average Bonchev–Trinajstić information content (AvgIpc) is 2.80. The highest BCUT2D eigenvalue weighted by molar-refractivity contribution is 7.99. The van der Waals surface area contributed by atoms with E-state index in [1.165, 1.54) is 17.3 Å². The van der Waals surface area contributed by atoms with Crippen molar-refractivity contribution in [2.45, 2.75) is 31.5 Å². The van der Waals surface area contributed by atoms with Crippen molar-refractivity contribution in [3.05, 3.63) is 23.8 Å². The van der Waals surface area contributed by atoms with Gasteiger partial charge >= 0.3 is 5.97 Å². The molecule has 0 saturated carbocycles. The smallest absolute Gasteiger partial charge is 0.313 e. The number of rotatable bonds is 8. The number of imidazole rings is 1. The highest BCUT2D eigenvalue weighted by atomic mass is 32.2. The number of para-hydroxylation sites is 1. The summed E-state index contributed by atoms with van der Waals surface area (Å²) in [6.45, 7) is 2.97.